The molecule has 3 aliphatic heterocycles. The molecule has 3 aliphatic rings. The van der Waals surface area contributed by atoms with E-state index in [1.807, 2.05) is 23.6 Å². The second-order valence-electron chi connectivity index (χ2n) is 11.2. The minimum Gasteiger partial charge on any atom is -0.394 e. The Morgan fingerprint density at radius 2 is 1.84 bits per heavy atom. The summed E-state index contributed by atoms with van der Waals surface area (Å²) < 4.78 is -1.09. The highest BCUT2D eigenvalue weighted by atomic mass is 32.2. The second-order valence-corrected chi connectivity index (χ2v) is 13.1. The zero-order valence-electron chi connectivity index (χ0n) is 23.4. The first-order chi connectivity index (χ1) is 17.6. The fourth-order valence-corrected chi connectivity index (χ4v) is 9.43. The molecule has 7 atom stereocenters. The van der Waals surface area contributed by atoms with Crippen LogP contribution in [-0.4, -0.2) is 91.4 Å². The van der Waals surface area contributed by atoms with Crippen LogP contribution in [0.1, 0.15) is 73.1 Å². The van der Waals surface area contributed by atoms with Crippen LogP contribution in [0.2, 0.25) is 0 Å². The maximum Gasteiger partial charge on any atom is 0.247 e. The van der Waals surface area contributed by atoms with Crippen LogP contribution in [0.3, 0.4) is 0 Å². The summed E-state index contributed by atoms with van der Waals surface area (Å²) in [6.07, 6.45) is 8.14. The largest absolute Gasteiger partial charge is 0.394 e. The van der Waals surface area contributed by atoms with E-state index in [0.717, 1.165) is 25.7 Å². The summed E-state index contributed by atoms with van der Waals surface area (Å²) >= 11 is 1.69. The van der Waals surface area contributed by atoms with Crippen LogP contribution in [0, 0.1) is 11.8 Å². The third-order valence-corrected chi connectivity index (χ3v) is 10.8. The first-order valence-corrected chi connectivity index (χ1v) is 14.9. The summed E-state index contributed by atoms with van der Waals surface area (Å²) in [5.74, 6) is -1.31. The smallest absolute Gasteiger partial charge is 0.247 e. The van der Waals surface area contributed by atoms with Gasteiger partial charge < -0.3 is 19.8 Å². The van der Waals surface area contributed by atoms with Crippen LogP contribution in [0.5, 0.6) is 0 Å². The molecule has 0 aliphatic carbocycles. The van der Waals surface area contributed by atoms with Crippen LogP contribution in [0.25, 0.3) is 0 Å². The Hall–Kier alpha value is -1.80. The van der Waals surface area contributed by atoms with E-state index in [4.69, 9.17) is 0 Å². The Bertz CT molecular complexity index is 892. The highest BCUT2D eigenvalue weighted by Gasteiger charge is 2.78. The lowest BCUT2D eigenvalue weighted by Gasteiger charge is -2.41. The van der Waals surface area contributed by atoms with Crippen molar-refractivity contribution < 1.29 is 19.5 Å². The van der Waals surface area contributed by atoms with Gasteiger partial charge in [0, 0.05) is 30.4 Å². The van der Waals surface area contributed by atoms with Gasteiger partial charge in [-0.2, -0.15) is 0 Å². The van der Waals surface area contributed by atoms with E-state index >= 15 is 0 Å². The summed E-state index contributed by atoms with van der Waals surface area (Å²) in [7, 11) is 0. The monoisotopic (exact) mass is 533 g/mol. The first-order valence-electron chi connectivity index (χ1n) is 14.1. The number of likely N-dealkylation sites (tertiary alicyclic amines) is 1. The lowest BCUT2D eigenvalue weighted by Crippen LogP contribution is -2.58. The van der Waals surface area contributed by atoms with E-state index in [0.29, 0.717) is 32.5 Å². The fourth-order valence-electron chi connectivity index (χ4n) is 7.10. The Morgan fingerprint density at radius 3 is 2.38 bits per heavy atom. The van der Waals surface area contributed by atoms with Crippen molar-refractivity contribution in [1.82, 2.24) is 14.7 Å². The molecule has 208 valence electrons. The minimum atomic E-state index is -0.704. The molecule has 3 heterocycles. The first kappa shape index (κ1) is 29.8. The number of hydrogen-bond donors (Lipinski definition) is 1. The van der Waals surface area contributed by atoms with Crippen LogP contribution < -0.4 is 0 Å². The molecule has 3 saturated heterocycles. The molecule has 3 rings (SSSR count). The van der Waals surface area contributed by atoms with E-state index in [2.05, 4.69) is 33.9 Å². The van der Waals surface area contributed by atoms with Crippen molar-refractivity contribution in [3.05, 3.63) is 25.3 Å². The molecule has 1 N–H and O–H groups in total. The van der Waals surface area contributed by atoms with Crippen molar-refractivity contribution in [3.8, 4) is 0 Å². The summed E-state index contributed by atoms with van der Waals surface area (Å²) in [5, 5.41) is 10.3. The van der Waals surface area contributed by atoms with Gasteiger partial charge in [0.15, 0.2) is 0 Å². The van der Waals surface area contributed by atoms with Gasteiger partial charge >= 0.3 is 0 Å². The predicted molar refractivity (Wildman–Crippen MR) is 150 cm³/mol. The van der Waals surface area contributed by atoms with E-state index in [9.17, 15) is 19.5 Å². The molecule has 0 aromatic carbocycles. The van der Waals surface area contributed by atoms with Crippen molar-refractivity contribution in [1.29, 1.82) is 0 Å². The van der Waals surface area contributed by atoms with Crippen LogP contribution in [0.15, 0.2) is 25.3 Å². The summed E-state index contributed by atoms with van der Waals surface area (Å²) in [5.41, 5.74) is 0. The van der Waals surface area contributed by atoms with Gasteiger partial charge in [-0.1, -0.05) is 39.3 Å². The maximum atomic E-state index is 14.5. The number of amides is 3. The van der Waals surface area contributed by atoms with Gasteiger partial charge in [0.1, 0.15) is 6.04 Å². The SMILES string of the molecule is C=CCN(CCC)C(=O)[C@H]1[C@H]2C(=O)N([C@@H](CC)CO)C(C(=O)N(CC=C)C(C)CCC)C23CC[C@]1(C)S3. The van der Waals surface area contributed by atoms with E-state index < -0.39 is 33.4 Å². The number of hydrogen-bond acceptors (Lipinski definition) is 5. The van der Waals surface area contributed by atoms with Crippen molar-refractivity contribution >= 4 is 29.5 Å². The van der Waals surface area contributed by atoms with E-state index in [1.165, 1.54) is 0 Å². The second kappa shape index (κ2) is 11.9. The lowest BCUT2D eigenvalue weighted by atomic mass is 9.66. The van der Waals surface area contributed by atoms with E-state index in [1.54, 1.807) is 28.8 Å². The van der Waals surface area contributed by atoms with Gasteiger partial charge in [0.05, 0.1) is 29.2 Å². The molecule has 3 fully saturated rings. The van der Waals surface area contributed by atoms with Gasteiger partial charge in [-0.15, -0.1) is 24.9 Å². The zero-order valence-corrected chi connectivity index (χ0v) is 24.3. The van der Waals surface area contributed by atoms with Gasteiger partial charge in [-0.3, -0.25) is 14.4 Å². The van der Waals surface area contributed by atoms with Gasteiger partial charge in [-0.25, -0.2) is 0 Å². The zero-order chi connectivity index (χ0) is 27.5. The van der Waals surface area contributed by atoms with Crippen molar-refractivity contribution in [2.24, 2.45) is 11.8 Å². The molecular weight excluding hydrogens is 486 g/mol. The molecule has 7 nitrogen and oxygen atoms in total. The molecule has 0 aromatic rings. The molecular formula is C29H47N3O4S. The third kappa shape index (κ3) is 4.88. The normalized spacial score (nSPS) is 31.7. The number of carbonyl (C=O) groups excluding carboxylic acids is 3. The number of fused-ring (bicyclic) bond motifs is 1. The highest BCUT2D eigenvalue weighted by molar-refractivity contribution is 8.02. The standard InChI is InChI=1S/C29H47N3O4S/c1-8-13-20(6)31(18-11-4)27(36)24-29-15-14-28(7,37-29)22(25(34)30(16-9-2)17-10-3)23(29)26(35)32(24)21(12-5)19-33/h9,11,20-24,33H,2,4,8,10,12-19H2,1,3,5-7H3/t20?,21-,22+,23-,24?,28-,29?/m0/s1. The van der Waals surface area contributed by atoms with E-state index in [-0.39, 0.29) is 30.4 Å². The van der Waals surface area contributed by atoms with Crippen LogP contribution in [0.4, 0.5) is 0 Å². The third-order valence-electron chi connectivity index (χ3n) is 8.79. The molecule has 0 saturated carbocycles. The molecule has 1 spiro atoms. The molecule has 0 radical (unpaired) electrons. The molecule has 3 unspecified atom stereocenters. The Morgan fingerprint density at radius 1 is 1.16 bits per heavy atom. The van der Waals surface area contributed by atoms with Crippen molar-refractivity contribution in [2.75, 3.05) is 26.2 Å². The number of aliphatic hydroxyl groups excluding tert-OH is 1. The molecule has 2 bridgehead atoms. The lowest BCUT2D eigenvalue weighted by molar-refractivity contribution is -0.148. The van der Waals surface area contributed by atoms with Crippen LogP contribution >= 0.6 is 11.8 Å². The summed E-state index contributed by atoms with van der Waals surface area (Å²) in [4.78, 5) is 48.2. The average molecular weight is 534 g/mol. The van der Waals surface area contributed by atoms with Crippen LogP contribution in [-0.2, 0) is 14.4 Å². The van der Waals surface area contributed by atoms with Gasteiger partial charge in [0.25, 0.3) is 0 Å². The van der Waals surface area contributed by atoms with Crippen molar-refractivity contribution in [3.63, 3.8) is 0 Å². The Balaban J connectivity index is 2.13. The quantitative estimate of drug-likeness (QED) is 0.343. The van der Waals surface area contributed by atoms with Gasteiger partial charge in [0.2, 0.25) is 17.7 Å². The molecule has 0 aromatic heterocycles. The number of thioether (sulfide) groups is 1. The van der Waals surface area contributed by atoms with Gasteiger partial charge in [-0.05, 0) is 46.0 Å². The molecule has 37 heavy (non-hydrogen) atoms. The summed E-state index contributed by atoms with van der Waals surface area (Å²) in [6.45, 7) is 19.2. The summed E-state index contributed by atoms with van der Waals surface area (Å²) in [6, 6.07) is -1.16. The average Bonchev–Trinajstić information content (AvgIpc) is 3.43. The number of aliphatic hydroxyl groups is 1. The fraction of sp³-hybridized carbons (Fsp3) is 0.759. The molecule has 8 heteroatoms. The predicted octanol–water partition coefficient (Wildman–Crippen LogP) is 3.87. The highest BCUT2D eigenvalue weighted by Crippen LogP contribution is 2.72. The minimum absolute atomic E-state index is 0.00126. The number of carbonyl (C=O) groups is 3. The Kier molecular flexibility index (Phi) is 9.60. The number of rotatable bonds is 14. The Labute approximate surface area is 227 Å². The van der Waals surface area contributed by atoms with Crippen molar-refractivity contribution in [2.45, 2.75) is 101 Å². The topological polar surface area (TPSA) is 81.2 Å². The molecule has 3 amide bonds. The maximum absolute atomic E-state index is 14.5. The number of nitrogens with zero attached hydrogens (tertiary/aromatic N) is 3.